The van der Waals surface area contributed by atoms with Crippen molar-refractivity contribution in [2.45, 2.75) is 52.2 Å². The van der Waals surface area contributed by atoms with E-state index in [-0.39, 0.29) is 24.7 Å². The van der Waals surface area contributed by atoms with E-state index in [4.69, 9.17) is 0 Å². The maximum atomic E-state index is 12.2. The molecule has 0 saturated carbocycles. The van der Waals surface area contributed by atoms with Crippen LogP contribution in [0.4, 0.5) is 4.79 Å². The largest absolute Gasteiger partial charge is 0.325 e. The number of benzene rings is 1. The summed E-state index contributed by atoms with van der Waals surface area (Å²) in [5.74, 6) is -0.130. The number of carbonyl (C=O) groups is 2. The third-order valence-corrected chi connectivity index (χ3v) is 5.48. The van der Waals surface area contributed by atoms with E-state index >= 15 is 0 Å². The van der Waals surface area contributed by atoms with Crippen LogP contribution in [0, 0.1) is 0 Å². The van der Waals surface area contributed by atoms with Gasteiger partial charge in [0, 0.05) is 6.54 Å². The number of urea groups is 1. The summed E-state index contributed by atoms with van der Waals surface area (Å²) in [6, 6.07) is 6.77. The Morgan fingerprint density at radius 1 is 1.12 bits per heavy atom. The van der Waals surface area contributed by atoms with Crippen molar-refractivity contribution in [3.8, 4) is 0 Å². The van der Waals surface area contributed by atoms with E-state index in [0.717, 1.165) is 17.5 Å². The maximum absolute atomic E-state index is 12.2. The van der Waals surface area contributed by atoms with Gasteiger partial charge in [-0.2, -0.15) is 0 Å². The molecule has 8 heteroatoms. The van der Waals surface area contributed by atoms with E-state index < -0.39 is 21.6 Å². The second-order valence-corrected chi connectivity index (χ2v) is 8.68. The van der Waals surface area contributed by atoms with Crippen molar-refractivity contribution in [2.24, 2.45) is 0 Å². The van der Waals surface area contributed by atoms with Crippen molar-refractivity contribution in [2.75, 3.05) is 5.75 Å². The van der Waals surface area contributed by atoms with E-state index in [0.29, 0.717) is 6.42 Å². The lowest BCUT2D eigenvalue weighted by Gasteiger charge is -2.16. The topological polar surface area (TPSA) is 95.6 Å². The fraction of sp³-hybridized carbons (Fsp3) is 0.529. The number of carbonyl (C=O) groups excluding carboxylic acids is 2. The Morgan fingerprint density at radius 3 is 2.24 bits per heavy atom. The quantitative estimate of drug-likeness (QED) is 0.684. The number of unbranched alkanes of at least 4 members (excludes halogenated alkanes) is 1. The van der Waals surface area contributed by atoms with Crippen LogP contribution in [0.15, 0.2) is 24.3 Å². The van der Waals surface area contributed by atoms with Crippen LogP contribution in [0.2, 0.25) is 0 Å². The molecule has 0 bridgehead atoms. The molecule has 1 aromatic rings. The van der Waals surface area contributed by atoms with Gasteiger partial charge in [-0.15, -0.1) is 0 Å². The van der Waals surface area contributed by atoms with Crippen molar-refractivity contribution in [1.82, 2.24) is 14.9 Å². The molecular weight excluding hydrogens is 342 g/mol. The Labute approximate surface area is 148 Å². The molecule has 25 heavy (non-hydrogen) atoms. The van der Waals surface area contributed by atoms with Gasteiger partial charge >= 0.3 is 6.03 Å². The van der Waals surface area contributed by atoms with Gasteiger partial charge in [0.1, 0.15) is 5.54 Å². The number of sulfonamides is 1. The lowest BCUT2D eigenvalue weighted by molar-refractivity contribution is -0.130. The van der Waals surface area contributed by atoms with Gasteiger partial charge in [-0.3, -0.25) is 9.69 Å². The highest BCUT2D eigenvalue weighted by Crippen LogP contribution is 2.19. The highest BCUT2D eigenvalue weighted by atomic mass is 32.2. The number of imide groups is 1. The van der Waals surface area contributed by atoms with Crippen molar-refractivity contribution in [3.05, 3.63) is 35.4 Å². The zero-order chi connectivity index (χ0) is 18.7. The second-order valence-electron chi connectivity index (χ2n) is 6.76. The SMILES string of the molecule is CCCCS(=O)(=O)NCc1ccc(CN2C(=O)NC(C)(C)C2=O)cc1. The molecule has 1 aliphatic rings. The normalized spacial score (nSPS) is 17.0. The van der Waals surface area contributed by atoms with Crippen molar-refractivity contribution >= 4 is 22.0 Å². The molecule has 2 N–H and O–H groups in total. The third-order valence-electron chi connectivity index (χ3n) is 4.07. The molecule has 0 spiro atoms. The molecule has 1 aromatic carbocycles. The van der Waals surface area contributed by atoms with E-state index in [9.17, 15) is 18.0 Å². The number of nitrogens with one attached hydrogen (secondary N) is 2. The standard InChI is InChI=1S/C17H25N3O4S/c1-4-5-10-25(23,24)18-11-13-6-8-14(9-7-13)12-20-15(21)17(2,3)19-16(20)22/h6-9,18H,4-5,10-12H2,1-3H3,(H,19,22). The smallest absolute Gasteiger partial charge is 0.324 e. The predicted octanol–water partition coefficient (Wildman–Crippen LogP) is 1.74. The summed E-state index contributed by atoms with van der Waals surface area (Å²) in [5.41, 5.74) is 0.744. The molecule has 1 fully saturated rings. The minimum Gasteiger partial charge on any atom is -0.324 e. The molecule has 1 saturated heterocycles. The first-order chi connectivity index (χ1) is 11.6. The van der Waals surface area contributed by atoms with Gasteiger partial charge in [0.25, 0.3) is 5.91 Å². The summed E-state index contributed by atoms with van der Waals surface area (Å²) < 4.78 is 26.2. The van der Waals surface area contributed by atoms with Gasteiger partial charge in [-0.25, -0.2) is 17.9 Å². The Balaban J connectivity index is 1.94. The first-order valence-electron chi connectivity index (χ1n) is 8.34. The number of amides is 3. The van der Waals surface area contributed by atoms with Gasteiger partial charge in [0.15, 0.2) is 0 Å². The van der Waals surface area contributed by atoms with Gasteiger partial charge in [-0.05, 0) is 31.4 Å². The first kappa shape index (κ1) is 19.4. The minimum atomic E-state index is -3.25. The van der Waals surface area contributed by atoms with Crippen molar-refractivity contribution < 1.29 is 18.0 Å². The van der Waals surface area contributed by atoms with Gasteiger partial charge < -0.3 is 5.32 Å². The monoisotopic (exact) mass is 367 g/mol. The van der Waals surface area contributed by atoms with Crippen LogP contribution in [-0.2, 0) is 27.9 Å². The van der Waals surface area contributed by atoms with Crippen LogP contribution >= 0.6 is 0 Å². The number of rotatable bonds is 8. The number of nitrogens with zero attached hydrogens (tertiary/aromatic N) is 1. The van der Waals surface area contributed by atoms with E-state index in [1.807, 2.05) is 6.92 Å². The highest BCUT2D eigenvalue weighted by molar-refractivity contribution is 7.89. The zero-order valence-corrected chi connectivity index (χ0v) is 15.6. The Morgan fingerprint density at radius 2 is 1.72 bits per heavy atom. The molecule has 7 nitrogen and oxygen atoms in total. The lowest BCUT2D eigenvalue weighted by atomic mass is 10.1. The van der Waals surface area contributed by atoms with Crippen LogP contribution in [0.5, 0.6) is 0 Å². The summed E-state index contributed by atoms with van der Waals surface area (Å²) in [6.45, 7) is 5.70. The molecule has 0 radical (unpaired) electrons. The van der Waals surface area contributed by atoms with E-state index in [1.165, 1.54) is 4.90 Å². The predicted molar refractivity (Wildman–Crippen MR) is 95.1 cm³/mol. The zero-order valence-electron chi connectivity index (χ0n) is 14.8. The molecule has 0 aromatic heterocycles. The van der Waals surface area contributed by atoms with Crippen molar-refractivity contribution in [3.63, 3.8) is 0 Å². The molecule has 0 unspecified atom stereocenters. The highest BCUT2D eigenvalue weighted by Gasteiger charge is 2.43. The molecule has 3 amide bonds. The first-order valence-corrected chi connectivity index (χ1v) is 9.99. The Kier molecular flexibility index (Phi) is 5.84. The summed E-state index contributed by atoms with van der Waals surface area (Å²) in [5, 5.41) is 2.64. The van der Waals surface area contributed by atoms with Gasteiger partial charge in [0.2, 0.25) is 10.0 Å². The molecule has 138 valence electrons. The van der Waals surface area contributed by atoms with Gasteiger partial charge in [0.05, 0.1) is 12.3 Å². The lowest BCUT2D eigenvalue weighted by Crippen LogP contribution is -2.40. The van der Waals surface area contributed by atoms with Gasteiger partial charge in [-0.1, -0.05) is 37.6 Å². The van der Waals surface area contributed by atoms with Crippen LogP contribution in [0.3, 0.4) is 0 Å². The van der Waals surface area contributed by atoms with Crippen LogP contribution in [0.25, 0.3) is 0 Å². The maximum Gasteiger partial charge on any atom is 0.325 e. The summed E-state index contributed by atoms with van der Waals surface area (Å²) in [4.78, 5) is 25.2. The molecule has 0 atom stereocenters. The molecule has 1 aliphatic heterocycles. The molecular formula is C17H25N3O4S. The van der Waals surface area contributed by atoms with E-state index in [2.05, 4.69) is 10.0 Å². The fourth-order valence-electron chi connectivity index (χ4n) is 2.51. The van der Waals surface area contributed by atoms with E-state index in [1.54, 1.807) is 38.1 Å². The minimum absolute atomic E-state index is 0.129. The molecule has 0 aliphatic carbocycles. The number of hydrogen-bond acceptors (Lipinski definition) is 4. The average molecular weight is 367 g/mol. The fourth-order valence-corrected chi connectivity index (χ4v) is 3.71. The Bertz CT molecular complexity index is 742. The summed E-state index contributed by atoms with van der Waals surface area (Å²) >= 11 is 0. The summed E-state index contributed by atoms with van der Waals surface area (Å²) in [7, 11) is -3.25. The Hall–Kier alpha value is -1.93. The van der Waals surface area contributed by atoms with Crippen molar-refractivity contribution in [1.29, 1.82) is 0 Å². The van der Waals surface area contributed by atoms with Crippen LogP contribution < -0.4 is 10.0 Å². The van der Waals surface area contributed by atoms with Crippen LogP contribution in [-0.4, -0.2) is 36.5 Å². The summed E-state index contributed by atoms with van der Waals surface area (Å²) in [6.07, 6.45) is 1.46. The molecule has 2 rings (SSSR count). The second kappa shape index (κ2) is 7.53. The van der Waals surface area contributed by atoms with Crippen LogP contribution in [0.1, 0.15) is 44.7 Å². The third kappa shape index (κ3) is 5.02. The molecule has 1 heterocycles. The average Bonchev–Trinajstić information content (AvgIpc) is 2.74. The number of hydrogen-bond donors (Lipinski definition) is 2.